The first-order valence-corrected chi connectivity index (χ1v) is 13.8. The number of hydrogen-bond acceptors (Lipinski definition) is 2. The lowest BCUT2D eigenvalue weighted by Crippen LogP contribution is -2.41. The number of benzene rings is 2. The molecule has 0 bridgehead atoms. The van der Waals surface area contributed by atoms with Crippen LogP contribution in [0.5, 0.6) is 0 Å². The van der Waals surface area contributed by atoms with E-state index in [-0.39, 0.29) is 16.7 Å². The van der Waals surface area contributed by atoms with Crippen molar-refractivity contribution in [3.05, 3.63) is 71.3 Å². The molecule has 2 aromatic rings. The van der Waals surface area contributed by atoms with Crippen LogP contribution in [0.4, 0.5) is 0 Å². The van der Waals surface area contributed by atoms with Gasteiger partial charge in [-0.3, -0.25) is 4.90 Å². The average Bonchev–Trinajstić information content (AvgIpc) is 2.83. The molecule has 3 rings (SSSR count). The molecule has 2 nitrogen and oxygen atoms in total. The van der Waals surface area contributed by atoms with Crippen LogP contribution in [-0.2, 0) is 12.8 Å². The third-order valence-electron chi connectivity index (χ3n) is 6.98. The van der Waals surface area contributed by atoms with Crippen LogP contribution in [0.25, 0.3) is 0 Å². The normalized spacial score (nSPS) is 21.0. The fraction of sp³-hybridized carbons (Fsp3) is 0.567. The molecule has 0 aliphatic heterocycles. The molecule has 2 aromatic carbocycles. The van der Waals surface area contributed by atoms with Crippen LogP contribution in [0.15, 0.2) is 54.6 Å². The molecule has 3 atom stereocenters. The van der Waals surface area contributed by atoms with Gasteiger partial charge in [-0.25, -0.2) is 0 Å². The third-order valence-corrected chi connectivity index (χ3v) is 7.95. The lowest BCUT2D eigenvalue weighted by Gasteiger charge is -2.35. The molecular formula is C30H42Cl2N2. The summed E-state index contributed by atoms with van der Waals surface area (Å²) in [5, 5.41) is 7.64. The number of nitrogens with zero attached hydrogens (tertiary/aromatic N) is 2. The van der Waals surface area contributed by atoms with Gasteiger partial charge in [0.15, 0.2) is 0 Å². The molecule has 1 aliphatic carbocycles. The molecule has 0 amide bonds. The highest BCUT2D eigenvalue weighted by molar-refractivity contribution is 6.24. The Morgan fingerprint density at radius 3 is 2.03 bits per heavy atom. The average molecular weight is 502 g/mol. The SMILES string of the molecule is CC#N.CCC(CCc1ccc(C2C(Cl)CCCC2Cl)cc1)N(CCc1ccccc1)C(C)C. The first-order valence-electron chi connectivity index (χ1n) is 12.9. The van der Waals surface area contributed by atoms with Gasteiger partial charge in [-0.15, -0.1) is 23.2 Å². The van der Waals surface area contributed by atoms with E-state index >= 15 is 0 Å². The number of aryl methyl sites for hydroxylation is 1. The maximum Gasteiger partial charge on any atom is 0.0587 e. The van der Waals surface area contributed by atoms with E-state index < -0.39 is 0 Å². The minimum absolute atomic E-state index is 0.163. The van der Waals surface area contributed by atoms with Crippen molar-refractivity contribution >= 4 is 23.2 Å². The Kier molecular flexibility index (Phi) is 13.1. The second kappa shape index (κ2) is 15.5. The zero-order valence-corrected chi connectivity index (χ0v) is 22.9. The van der Waals surface area contributed by atoms with Gasteiger partial charge < -0.3 is 0 Å². The number of nitriles is 1. The molecule has 186 valence electrons. The number of hydrogen-bond donors (Lipinski definition) is 0. The van der Waals surface area contributed by atoms with E-state index in [0.29, 0.717) is 12.1 Å². The quantitative estimate of drug-likeness (QED) is 0.306. The first kappa shape index (κ1) is 28.7. The van der Waals surface area contributed by atoms with Crippen molar-refractivity contribution in [3.8, 4) is 6.07 Å². The molecular weight excluding hydrogens is 459 g/mol. The molecule has 1 aliphatic rings. The summed E-state index contributed by atoms with van der Waals surface area (Å²) in [5.41, 5.74) is 4.15. The van der Waals surface area contributed by atoms with Crippen LogP contribution in [0.2, 0.25) is 0 Å². The highest BCUT2D eigenvalue weighted by Gasteiger charge is 2.32. The Labute approximate surface area is 218 Å². The smallest absolute Gasteiger partial charge is 0.0587 e. The van der Waals surface area contributed by atoms with Crippen molar-refractivity contribution in [3.63, 3.8) is 0 Å². The predicted molar refractivity (Wildman–Crippen MR) is 148 cm³/mol. The number of rotatable bonds is 10. The summed E-state index contributed by atoms with van der Waals surface area (Å²) in [5.74, 6) is 0.281. The van der Waals surface area contributed by atoms with Crippen LogP contribution in [0.3, 0.4) is 0 Å². The molecule has 0 spiro atoms. The minimum Gasteiger partial charge on any atom is -0.298 e. The van der Waals surface area contributed by atoms with E-state index in [2.05, 4.69) is 80.3 Å². The van der Waals surface area contributed by atoms with Crippen molar-refractivity contribution in [2.45, 2.75) is 101 Å². The van der Waals surface area contributed by atoms with E-state index in [1.54, 1.807) is 6.07 Å². The van der Waals surface area contributed by atoms with Crippen LogP contribution in [0.1, 0.15) is 82.4 Å². The molecule has 0 saturated heterocycles. The van der Waals surface area contributed by atoms with Gasteiger partial charge >= 0.3 is 0 Å². The summed E-state index contributed by atoms with van der Waals surface area (Å²) >= 11 is 13.2. The van der Waals surface area contributed by atoms with E-state index in [1.807, 2.05) is 0 Å². The van der Waals surface area contributed by atoms with Crippen LogP contribution in [-0.4, -0.2) is 34.3 Å². The molecule has 0 radical (unpaired) electrons. The number of halogens is 2. The Balaban J connectivity index is 0.00000129. The van der Waals surface area contributed by atoms with E-state index in [1.165, 1.54) is 36.5 Å². The molecule has 3 unspecified atom stereocenters. The lowest BCUT2D eigenvalue weighted by molar-refractivity contribution is 0.143. The predicted octanol–water partition coefficient (Wildman–Crippen LogP) is 8.36. The van der Waals surface area contributed by atoms with Gasteiger partial charge in [-0.05, 0) is 69.1 Å². The minimum atomic E-state index is 0.163. The summed E-state index contributed by atoms with van der Waals surface area (Å²) in [7, 11) is 0. The van der Waals surface area contributed by atoms with Gasteiger partial charge in [0.05, 0.1) is 6.07 Å². The highest BCUT2D eigenvalue weighted by atomic mass is 35.5. The van der Waals surface area contributed by atoms with Gasteiger partial charge in [0.1, 0.15) is 0 Å². The first-order chi connectivity index (χ1) is 16.4. The van der Waals surface area contributed by atoms with E-state index in [9.17, 15) is 0 Å². The number of alkyl halides is 2. The van der Waals surface area contributed by atoms with E-state index in [0.717, 1.165) is 38.6 Å². The van der Waals surface area contributed by atoms with Gasteiger partial charge in [-0.1, -0.05) is 67.9 Å². The monoisotopic (exact) mass is 500 g/mol. The Bertz CT molecular complexity index is 834. The molecule has 1 saturated carbocycles. The second-order valence-electron chi connectivity index (χ2n) is 9.62. The van der Waals surface area contributed by atoms with Crippen molar-refractivity contribution in [2.24, 2.45) is 0 Å². The Hall–Kier alpha value is -1.53. The largest absolute Gasteiger partial charge is 0.298 e. The fourth-order valence-corrected chi connectivity index (χ4v) is 6.15. The van der Waals surface area contributed by atoms with E-state index in [4.69, 9.17) is 28.5 Å². The van der Waals surface area contributed by atoms with Crippen molar-refractivity contribution < 1.29 is 0 Å². The van der Waals surface area contributed by atoms with Crippen molar-refractivity contribution in [1.82, 2.24) is 4.90 Å². The summed E-state index contributed by atoms with van der Waals surface area (Å²) < 4.78 is 0. The summed E-state index contributed by atoms with van der Waals surface area (Å²) in [6.45, 7) is 9.54. The van der Waals surface area contributed by atoms with Crippen LogP contribution in [0, 0.1) is 11.3 Å². The van der Waals surface area contributed by atoms with Crippen molar-refractivity contribution in [1.29, 1.82) is 5.26 Å². The standard InChI is InChI=1S/C28H39Cl2N.C2H3N/c1-4-25(31(21(2)3)20-19-22-9-6-5-7-10-22)18-15-23-13-16-24(17-14-23)28-26(29)11-8-12-27(28)30;1-2-3/h5-7,9-10,13-14,16-17,21,25-28H,4,8,11-12,15,18-20H2,1-3H3;1H3. The van der Waals surface area contributed by atoms with Gasteiger partial charge in [0.2, 0.25) is 0 Å². The fourth-order valence-electron chi connectivity index (χ4n) is 5.12. The third kappa shape index (κ3) is 8.92. The molecule has 0 heterocycles. The molecule has 0 aromatic heterocycles. The summed E-state index contributed by atoms with van der Waals surface area (Å²) in [4.78, 5) is 2.69. The second-order valence-corrected chi connectivity index (χ2v) is 10.7. The lowest BCUT2D eigenvalue weighted by atomic mass is 9.83. The van der Waals surface area contributed by atoms with Gasteiger partial charge in [-0.2, -0.15) is 5.26 Å². The molecule has 1 fully saturated rings. The zero-order valence-electron chi connectivity index (χ0n) is 21.4. The highest BCUT2D eigenvalue weighted by Crippen LogP contribution is 2.39. The Morgan fingerprint density at radius 1 is 0.941 bits per heavy atom. The van der Waals surface area contributed by atoms with Gasteiger partial charge in [0.25, 0.3) is 0 Å². The van der Waals surface area contributed by atoms with Crippen LogP contribution >= 0.6 is 23.2 Å². The van der Waals surface area contributed by atoms with Gasteiger partial charge in [0, 0.05) is 42.2 Å². The zero-order chi connectivity index (χ0) is 24.9. The summed E-state index contributed by atoms with van der Waals surface area (Å²) in [6, 6.07) is 22.9. The summed E-state index contributed by atoms with van der Waals surface area (Å²) in [6.07, 6.45) is 7.91. The Morgan fingerprint density at radius 2 is 1.50 bits per heavy atom. The van der Waals surface area contributed by atoms with Crippen molar-refractivity contribution in [2.75, 3.05) is 6.54 Å². The van der Waals surface area contributed by atoms with Crippen LogP contribution < -0.4 is 0 Å². The maximum atomic E-state index is 7.32. The molecule has 4 heteroatoms. The molecule has 34 heavy (non-hydrogen) atoms. The maximum absolute atomic E-state index is 7.32. The molecule has 0 N–H and O–H groups in total. The topological polar surface area (TPSA) is 27.0 Å².